The summed E-state index contributed by atoms with van der Waals surface area (Å²) in [6.07, 6.45) is 7.89. The van der Waals surface area contributed by atoms with Crippen molar-refractivity contribution in [3.63, 3.8) is 0 Å². The molecule has 0 saturated carbocycles. The summed E-state index contributed by atoms with van der Waals surface area (Å²) in [5.74, 6) is -1.73. The molecule has 10 nitrogen and oxygen atoms in total. The number of benzene rings is 2. The normalized spacial score (nSPS) is 12.5. The van der Waals surface area contributed by atoms with Gasteiger partial charge >= 0.3 is 12.1 Å². The molecule has 47 heavy (non-hydrogen) atoms. The molecule has 10 heteroatoms. The highest BCUT2D eigenvalue weighted by Gasteiger charge is 2.25. The van der Waals surface area contributed by atoms with E-state index in [9.17, 15) is 24.3 Å². The molecule has 0 saturated heterocycles. The number of unbranched alkanes of at least 4 members (excludes halogenated alkanes) is 3. The average Bonchev–Trinajstić information content (AvgIpc) is 3.08. The maximum Gasteiger partial charge on any atom is 0.407 e. The third-order valence-electron chi connectivity index (χ3n) is 7.46. The van der Waals surface area contributed by atoms with Crippen LogP contribution in [0.1, 0.15) is 68.9 Å². The number of allylic oxidation sites excluding steroid dienone is 2. The monoisotopic (exact) mass is 649 g/mol. The predicted octanol–water partition coefficient (Wildman–Crippen LogP) is 5.16. The van der Waals surface area contributed by atoms with Crippen LogP contribution in [0.5, 0.6) is 0 Å². The number of aliphatic hydroxyl groups is 1. The van der Waals surface area contributed by atoms with E-state index in [4.69, 9.17) is 9.47 Å². The zero-order valence-corrected chi connectivity index (χ0v) is 27.4. The van der Waals surface area contributed by atoms with Crippen molar-refractivity contribution in [2.75, 3.05) is 19.8 Å². The highest BCUT2D eigenvalue weighted by Crippen LogP contribution is 2.13. The molecule has 256 valence electrons. The summed E-state index contributed by atoms with van der Waals surface area (Å²) in [6, 6.07) is 17.9. The van der Waals surface area contributed by atoms with Crippen molar-refractivity contribution in [1.29, 1.82) is 0 Å². The zero-order valence-electron chi connectivity index (χ0n) is 27.4. The van der Waals surface area contributed by atoms with Gasteiger partial charge in [-0.15, -0.1) is 13.2 Å². The van der Waals surface area contributed by atoms with Crippen molar-refractivity contribution in [2.24, 2.45) is 5.92 Å². The van der Waals surface area contributed by atoms with Crippen LogP contribution in [-0.4, -0.2) is 60.8 Å². The number of esters is 1. The largest absolute Gasteiger partial charge is 0.463 e. The molecule has 4 N–H and O–H groups in total. The number of carbonyl (C=O) groups excluding carboxylic acids is 4. The molecule has 0 aliphatic heterocycles. The van der Waals surface area contributed by atoms with E-state index < -0.39 is 24.1 Å². The lowest BCUT2D eigenvalue weighted by molar-refractivity contribution is -0.145. The molecule has 0 bridgehead atoms. The highest BCUT2D eigenvalue weighted by molar-refractivity contribution is 5.86. The second-order valence-corrected chi connectivity index (χ2v) is 11.5. The second kappa shape index (κ2) is 23.8. The molecule has 0 fully saturated rings. The topological polar surface area (TPSA) is 143 Å². The fraction of sp³-hybridized carbons (Fsp3) is 0.459. The number of amides is 3. The molecule has 0 heterocycles. The van der Waals surface area contributed by atoms with Crippen molar-refractivity contribution >= 4 is 23.9 Å². The molecule has 2 rings (SSSR count). The Bertz CT molecular complexity index is 1220. The molecule has 3 amide bonds. The fourth-order valence-corrected chi connectivity index (χ4v) is 4.87. The van der Waals surface area contributed by atoms with Crippen molar-refractivity contribution in [3.05, 3.63) is 97.1 Å². The van der Waals surface area contributed by atoms with E-state index in [1.807, 2.05) is 66.7 Å². The van der Waals surface area contributed by atoms with E-state index in [0.717, 1.165) is 24.0 Å². The minimum absolute atomic E-state index is 0.00472. The van der Waals surface area contributed by atoms with E-state index in [2.05, 4.69) is 29.1 Å². The SMILES string of the molecule is C=CCCCCC(=O)OC[C@H](CCCCNC(=O)OCc1ccccc1)NC(=O)[C@@H](CC=C)CC(=O)N[C@H](CO)Cc1ccccc1. The predicted molar refractivity (Wildman–Crippen MR) is 182 cm³/mol. The van der Waals surface area contributed by atoms with Gasteiger partial charge in [0.15, 0.2) is 0 Å². The Morgan fingerprint density at radius 3 is 2.17 bits per heavy atom. The van der Waals surface area contributed by atoms with Gasteiger partial charge in [0.1, 0.15) is 13.2 Å². The van der Waals surface area contributed by atoms with E-state index in [1.54, 1.807) is 6.08 Å². The van der Waals surface area contributed by atoms with Crippen LogP contribution >= 0.6 is 0 Å². The van der Waals surface area contributed by atoms with Crippen LogP contribution in [0.3, 0.4) is 0 Å². The third kappa shape index (κ3) is 17.7. The van der Waals surface area contributed by atoms with Crippen molar-refractivity contribution in [2.45, 2.75) is 82.9 Å². The summed E-state index contributed by atoms with van der Waals surface area (Å²) in [5.41, 5.74) is 1.87. The summed E-state index contributed by atoms with van der Waals surface area (Å²) >= 11 is 0. The summed E-state index contributed by atoms with van der Waals surface area (Å²) in [6.45, 7) is 7.75. The van der Waals surface area contributed by atoms with Crippen LogP contribution in [0.15, 0.2) is 86.0 Å². The molecule has 0 spiro atoms. The maximum absolute atomic E-state index is 13.4. The fourth-order valence-electron chi connectivity index (χ4n) is 4.87. The van der Waals surface area contributed by atoms with Gasteiger partial charge in [-0.05, 0) is 62.5 Å². The Kier molecular flexibility index (Phi) is 19.6. The van der Waals surface area contributed by atoms with Crippen LogP contribution < -0.4 is 16.0 Å². The maximum atomic E-state index is 13.4. The minimum atomic E-state index is -0.693. The number of rotatable bonds is 24. The summed E-state index contributed by atoms with van der Waals surface area (Å²) in [5, 5.41) is 18.4. The average molecular weight is 650 g/mol. The zero-order chi connectivity index (χ0) is 34.1. The number of aliphatic hydroxyl groups excluding tert-OH is 1. The number of hydrogen-bond donors (Lipinski definition) is 4. The van der Waals surface area contributed by atoms with Crippen molar-refractivity contribution in [3.8, 4) is 0 Å². The lowest BCUT2D eigenvalue weighted by Gasteiger charge is -2.23. The molecule has 0 aliphatic carbocycles. The molecule has 3 atom stereocenters. The van der Waals surface area contributed by atoms with Gasteiger partial charge in [0.2, 0.25) is 11.8 Å². The first-order chi connectivity index (χ1) is 22.8. The first-order valence-electron chi connectivity index (χ1n) is 16.4. The van der Waals surface area contributed by atoms with Crippen molar-refractivity contribution in [1.82, 2.24) is 16.0 Å². The van der Waals surface area contributed by atoms with Gasteiger partial charge in [-0.25, -0.2) is 4.79 Å². The quantitative estimate of drug-likeness (QED) is 0.0699. The summed E-state index contributed by atoms with van der Waals surface area (Å²) in [4.78, 5) is 50.7. The van der Waals surface area contributed by atoms with E-state index in [-0.39, 0.29) is 56.9 Å². The highest BCUT2D eigenvalue weighted by atomic mass is 16.5. The van der Waals surface area contributed by atoms with Gasteiger partial charge in [0.05, 0.1) is 24.6 Å². The minimum Gasteiger partial charge on any atom is -0.463 e. The van der Waals surface area contributed by atoms with E-state index in [0.29, 0.717) is 38.6 Å². The Hall–Kier alpha value is -4.44. The second-order valence-electron chi connectivity index (χ2n) is 11.5. The molecular weight excluding hydrogens is 598 g/mol. The number of ether oxygens (including phenoxy) is 2. The summed E-state index contributed by atoms with van der Waals surface area (Å²) < 4.78 is 10.7. The van der Waals surface area contributed by atoms with Crippen LogP contribution in [0.25, 0.3) is 0 Å². The Labute approximate surface area is 279 Å². The first kappa shape index (κ1) is 38.7. The number of hydrogen-bond acceptors (Lipinski definition) is 7. The molecule has 0 aromatic heterocycles. The lowest BCUT2D eigenvalue weighted by atomic mass is 9.98. The van der Waals surface area contributed by atoms with Crippen LogP contribution in [0.4, 0.5) is 4.79 Å². The molecule has 0 unspecified atom stereocenters. The number of nitrogens with one attached hydrogen (secondary N) is 3. The van der Waals surface area contributed by atoms with Gasteiger partial charge in [-0.1, -0.05) is 72.8 Å². The Morgan fingerprint density at radius 1 is 0.809 bits per heavy atom. The molecule has 0 aliphatic rings. The van der Waals surface area contributed by atoms with Gasteiger partial charge < -0.3 is 30.5 Å². The molecule has 0 radical (unpaired) electrons. The van der Waals surface area contributed by atoms with Crippen LogP contribution in [0, 0.1) is 5.92 Å². The van der Waals surface area contributed by atoms with E-state index >= 15 is 0 Å². The lowest BCUT2D eigenvalue weighted by Crippen LogP contribution is -2.45. The van der Waals surface area contributed by atoms with Crippen LogP contribution in [-0.2, 0) is 36.9 Å². The third-order valence-corrected chi connectivity index (χ3v) is 7.46. The number of alkyl carbamates (subject to hydrolysis) is 1. The summed E-state index contributed by atoms with van der Waals surface area (Å²) in [7, 11) is 0. The van der Waals surface area contributed by atoms with Crippen molar-refractivity contribution < 1.29 is 33.8 Å². The molecular formula is C37H51N3O7. The van der Waals surface area contributed by atoms with Crippen LogP contribution in [0.2, 0.25) is 0 Å². The Morgan fingerprint density at radius 2 is 1.51 bits per heavy atom. The standard InChI is InChI=1S/C37H51N3O7/c1-3-5-6-13-22-35(43)46-28-32(21-14-15-23-38-37(45)47-27-30-19-11-8-12-20-30)40-36(44)31(16-4-2)25-34(42)39-33(26-41)24-29-17-9-7-10-18-29/h3-4,7-12,17-20,31-33,41H,1-2,5-6,13-16,21-28H2,(H,38,45)(H,39,42)(H,40,44)/t31-,32-,33-/m0/s1. The van der Waals surface area contributed by atoms with Gasteiger partial charge in [-0.2, -0.15) is 0 Å². The van der Waals surface area contributed by atoms with Gasteiger partial charge in [0, 0.05) is 19.4 Å². The Balaban J connectivity index is 1.89. The molecule has 2 aromatic carbocycles. The van der Waals surface area contributed by atoms with Gasteiger partial charge in [-0.3, -0.25) is 14.4 Å². The van der Waals surface area contributed by atoms with Gasteiger partial charge in [0.25, 0.3) is 0 Å². The number of carbonyl (C=O) groups is 4. The van der Waals surface area contributed by atoms with E-state index in [1.165, 1.54) is 0 Å². The smallest absolute Gasteiger partial charge is 0.407 e. The first-order valence-corrected chi connectivity index (χ1v) is 16.4. The molecule has 2 aromatic rings.